The lowest BCUT2D eigenvalue weighted by Gasteiger charge is -2.47. The number of likely N-dealkylation sites (tertiary alicyclic amines) is 1. The van der Waals surface area contributed by atoms with E-state index < -0.39 is 30.4 Å². The third-order valence-corrected chi connectivity index (χ3v) is 4.52. The van der Waals surface area contributed by atoms with Gasteiger partial charge in [-0.05, 0) is 25.8 Å². The quantitative estimate of drug-likeness (QED) is 0.588. The zero-order valence-corrected chi connectivity index (χ0v) is 13.6. The maximum atomic E-state index is 12.3. The van der Waals surface area contributed by atoms with Crippen LogP contribution in [0.25, 0.3) is 0 Å². The summed E-state index contributed by atoms with van der Waals surface area (Å²) < 4.78 is 0. The highest BCUT2D eigenvalue weighted by molar-refractivity contribution is 5.82. The number of amides is 1. The SMILES string of the molecule is CCNC(=O)C1[C@@H](O)[C@@H](O)[C@H](O)[C@@H](C)N1CCc1ccccc1. The van der Waals surface area contributed by atoms with E-state index in [4.69, 9.17) is 0 Å². The molecule has 4 N–H and O–H groups in total. The molecule has 0 aliphatic carbocycles. The minimum atomic E-state index is -1.33. The zero-order valence-electron chi connectivity index (χ0n) is 13.6. The molecule has 1 unspecified atom stereocenters. The molecule has 0 bridgehead atoms. The van der Waals surface area contributed by atoms with Gasteiger partial charge in [-0.25, -0.2) is 0 Å². The van der Waals surface area contributed by atoms with Gasteiger partial charge in [0, 0.05) is 19.1 Å². The van der Waals surface area contributed by atoms with Crippen molar-refractivity contribution < 1.29 is 20.1 Å². The van der Waals surface area contributed by atoms with E-state index >= 15 is 0 Å². The van der Waals surface area contributed by atoms with Crippen molar-refractivity contribution in [3.05, 3.63) is 35.9 Å². The largest absolute Gasteiger partial charge is 0.389 e. The lowest BCUT2D eigenvalue weighted by Crippen LogP contribution is -2.69. The van der Waals surface area contributed by atoms with Crippen LogP contribution in [0, 0.1) is 0 Å². The van der Waals surface area contributed by atoms with Crippen LogP contribution in [0.4, 0.5) is 0 Å². The molecule has 23 heavy (non-hydrogen) atoms. The first-order valence-electron chi connectivity index (χ1n) is 8.09. The van der Waals surface area contributed by atoms with Gasteiger partial charge >= 0.3 is 0 Å². The average molecular weight is 322 g/mol. The van der Waals surface area contributed by atoms with Crippen molar-refractivity contribution in [2.75, 3.05) is 13.1 Å². The predicted molar refractivity (Wildman–Crippen MR) is 86.8 cm³/mol. The number of benzene rings is 1. The summed E-state index contributed by atoms with van der Waals surface area (Å²) in [5.74, 6) is -0.328. The highest BCUT2D eigenvalue weighted by atomic mass is 16.4. The molecule has 1 aromatic carbocycles. The van der Waals surface area contributed by atoms with E-state index in [1.165, 1.54) is 0 Å². The molecular weight excluding hydrogens is 296 g/mol. The highest BCUT2D eigenvalue weighted by Gasteiger charge is 2.48. The molecule has 0 aromatic heterocycles. The van der Waals surface area contributed by atoms with Gasteiger partial charge in [-0.1, -0.05) is 30.3 Å². The van der Waals surface area contributed by atoms with Crippen molar-refractivity contribution >= 4 is 5.91 Å². The summed E-state index contributed by atoms with van der Waals surface area (Å²) in [6.45, 7) is 4.52. The number of carbonyl (C=O) groups is 1. The molecule has 2 rings (SSSR count). The van der Waals surface area contributed by atoms with Crippen LogP contribution in [0.1, 0.15) is 19.4 Å². The summed E-state index contributed by atoms with van der Waals surface area (Å²) in [4.78, 5) is 14.1. The molecule has 1 amide bonds. The Bertz CT molecular complexity index is 511. The Kier molecular flexibility index (Phi) is 6.12. The third kappa shape index (κ3) is 3.90. The molecule has 1 heterocycles. The molecule has 5 atom stereocenters. The van der Waals surface area contributed by atoms with E-state index in [0.29, 0.717) is 19.5 Å². The topological polar surface area (TPSA) is 93.0 Å². The summed E-state index contributed by atoms with van der Waals surface area (Å²) in [6, 6.07) is 8.54. The van der Waals surface area contributed by atoms with Crippen molar-refractivity contribution in [1.29, 1.82) is 0 Å². The van der Waals surface area contributed by atoms with Gasteiger partial charge in [0.2, 0.25) is 5.91 Å². The summed E-state index contributed by atoms with van der Waals surface area (Å²) in [5, 5.41) is 33.1. The van der Waals surface area contributed by atoms with Crippen molar-refractivity contribution in [3.63, 3.8) is 0 Å². The fourth-order valence-electron chi connectivity index (χ4n) is 3.15. The van der Waals surface area contributed by atoms with E-state index in [9.17, 15) is 20.1 Å². The molecule has 128 valence electrons. The Labute approximate surface area is 136 Å². The number of nitrogens with zero attached hydrogens (tertiary/aromatic N) is 1. The van der Waals surface area contributed by atoms with E-state index in [1.807, 2.05) is 30.3 Å². The molecule has 1 fully saturated rings. The fourth-order valence-corrected chi connectivity index (χ4v) is 3.15. The van der Waals surface area contributed by atoms with Crippen LogP contribution in [0.5, 0.6) is 0 Å². The van der Waals surface area contributed by atoms with Gasteiger partial charge in [0.1, 0.15) is 18.2 Å². The Morgan fingerprint density at radius 3 is 2.39 bits per heavy atom. The smallest absolute Gasteiger partial charge is 0.240 e. The third-order valence-electron chi connectivity index (χ3n) is 4.52. The standard InChI is InChI=1S/C17H26N2O4/c1-3-18-17(23)13-15(21)16(22)14(20)11(2)19(13)10-9-12-7-5-4-6-8-12/h4-8,11,13-16,20-22H,3,9-10H2,1-2H3,(H,18,23)/t11-,13?,14-,15-,16+/m1/s1. The zero-order chi connectivity index (χ0) is 17.0. The summed E-state index contributed by atoms with van der Waals surface area (Å²) in [7, 11) is 0. The van der Waals surface area contributed by atoms with Crippen molar-refractivity contribution in [2.45, 2.75) is 50.7 Å². The lowest BCUT2D eigenvalue weighted by atomic mass is 9.87. The first-order valence-corrected chi connectivity index (χ1v) is 8.09. The Morgan fingerprint density at radius 1 is 1.13 bits per heavy atom. The van der Waals surface area contributed by atoms with Crippen LogP contribution in [0.15, 0.2) is 30.3 Å². The average Bonchev–Trinajstić information content (AvgIpc) is 2.56. The maximum absolute atomic E-state index is 12.3. The van der Waals surface area contributed by atoms with Crippen LogP contribution >= 0.6 is 0 Å². The van der Waals surface area contributed by atoms with E-state index in [1.54, 1.807) is 18.7 Å². The molecule has 0 radical (unpaired) electrons. The molecule has 1 saturated heterocycles. The lowest BCUT2D eigenvalue weighted by molar-refractivity contribution is -0.171. The summed E-state index contributed by atoms with van der Waals surface area (Å²) >= 11 is 0. The van der Waals surface area contributed by atoms with Gasteiger partial charge in [0.25, 0.3) is 0 Å². The number of rotatable bonds is 5. The monoisotopic (exact) mass is 322 g/mol. The van der Waals surface area contributed by atoms with Gasteiger partial charge in [-0.3, -0.25) is 9.69 Å². The maximum Gasteiger partial charge on any atom is 0.240 e. The second kappa shape index (κ2) is 7.88. The number of likely N-dealkylation sites (N-methyl/N-ethyl adjacent to an activating group) is 1. The van der Waals surface area contributed by atoms with E-state index in [0.717, 1.165) is 5.56 Å². The van der Waals surface area contributed by atoms with Crippen LogP contribution in [0.2, 0.25) is 0 Å². The number of carbonyl (C=O) groups excluding carboxylic acids is 1. The number of aliphatic hydroxyl groups excluding tert-OH is 3. The van der Waals surface area contributed by atoms with Crippen LogP contribution in [-0.2, 0) is 11.2 Å². The predicted octanol–water partition coefficient (Wildman–Crippen LogP) is -0.479. The number of hydrogen-bond acceptors (Lipinski definition) is 5. The van der Waals surface area contributed by atoms with E-state index in [2.05, 4.69) is 5.32 Å². The number of piperidine rings is 1. The molecule has 1 aliphatic heterocycles. The Morgan fingerprint density at radius 2 is 1.78 bits per heavy atom. The Hall–Kier alpha value is -1.47. The molecule has 0 saturated carbocycles. The van der Waals surface area contributed by atoms with Crippen molar-refractivity contribution in [2.24, 2.45) is 0 Å². The first kappa shape index (κ1) is 17.9. The second-order valence-corrected chi connectivity index (χ2v) is 6.03. The molecule has 1 aliphatic rings. The molecule has 0 spiro atoms. The van der Waals surface area contributed by atoms with Crippen molar-refractivity contribution in [1.82, 2.24) is 10.2 Å². The second-order valence-electron chi connectivity index (χ2n) is 6.03. The number of hydrogen-bond donors (Lipinski definition) is 4. The van der Waals surface area contributed by atoms with Crippen LogP contribution in [-0.4, -0.2) is 69.6 Å². The van der Waals surface area contributed by atoms with E-state index in [-0.39, 0.29) is 5.91 Å². The Balaban J connectivity index is 2.17. The fraction of sp³-hybridized carbons (Fsp3) is 0.588. The molecular formula is C17H26N2O4. The van der Waals surface area contributed by atoms with Crippen molar-refractivity contribution in [3.8, 4) is 0 Å². The molecule has 6 heteroatoms. The minimum absolute atomic E-state index is 0.328. The van der Waals surface area contributed by atoms with Gasteiger partial charge in [-0.15, -0.1) is 0 Å². The van der Waals surface area contributed by atoms with Gasteiger partial charge in [0.15, 0.2) is 0 Å². The van der Waals surface area contributed by atoms with Gasteiger partial charge in [0.05, 0.1) is 6.10 Å². The van der Waals surface area contributed by atoms with Crippen LogP contribution in [0.3, 0.4) is 0 Å². The van der Waals surface area contributed by atoms with Gasteiger partial charge in [-0.2, -0.15) is 0 Å². The summed E-state index contributed by atoms with van der Waals surface area (Å²) in [5.41, 5.74) is 1.12. The molecule has 1 aromatic rings. The first-order chi connectivity index (χ1) is 11.0. The molecule has 6 nitrogen and oxygen atoms in total. The van der Waals surface area contributed by atoms with Crippen LogP contribution < -0.4 is 5.32 Å². The number of aliphatic hydroxyl groups is 3. The van der Waals surface area contributed by atoms with Gasteiger partial charge < -0.3 is 20.6 Å². The number of nitrogens with one attached hydrogen (secondary N) is 1. The summed E-state index contributed by atoms with van der Waals surface area (Å²) in [6.07, 6.45) is -3.04. The normalized spacial score (nSPS) is 31.8. The highest BCUT2D eigenvalue weighted by Crippen LogP contribution is 2.25. The minimum Gasteiger partial charge on any atom is -0.389 e.